The Balaban J connectivity index is 1.60. The summed E-state index contributed by atoms with van der Waals surface area (Å²) in [6.07, 6.45) is 16.0. The van der Waals surface area contributed by atoms with Crippen LogP contribution in [0.25, 0.3) is 0 Å². The first-order chi connectivity index (χ1) is 18.9. The van der Waals surface area contributed by atoms with Crippen molar-refractivity contribution in [3.8, 4) is 0 Å². The molecule has 9 nitrogen and oxygen atoms in total. The van der Waals surface area contributed by atoms with Gasteiger partial charge in [-0.25, -0.2) is 0 Å². The highest BCUT2D eigenvalue weighted by molar-refractivity contribution is 6.07. The molecule has 1 heterocycles. The fourth-order valence-electron chi connectivity index (χ4n) is 4.61. The highest BCUT2D eigenvalue weighted by Crippen LogP contribution is 2.40. The van der Waals surface area contributed by atoms with Crippen molar-refractivity contribution >= 4 is 23.4 Å². The van der Waals surface area contributed by atoms with Crippen molar-refractivity contribution in [2.45, 2.75) is 77.6 Å². The largest absolute Gasteiger partial charge is 0.510 e. The zero-order valence-corrected chi connectivity index (χ0v) is 23.4. The van der Waals surface area contributed by atoms with Gasteiger partial charge in [-0.1, -0.05) is 68.7 Å². The van der Waals surface area contributed by atoms with Crippen LogP contribution in [0.1, 0.15) is 59.8 Å². The molecule has 0 bridgehead atoms. The zero-order valence-electron chi connectivity index (χ0n) is 23.4. The third kappa shape index (κ3) is 8.09. The summed E-state index contributed by atoms with van der Waals surface area (Å²) < 4.78 is 5.39. The van der Waals surface area contributed by atoms with Gasteiger partial charge >= 0.3 is 0 Å². The lowest BCUT2D eigenvalue weighted by atomic mass is 9.88. The number of aliphatic hydroxyl groups is 2. The van der Waals surface area contributed by atoms with Crippen LogP contribution in [0, 0.1) is 5.92 Å². The van der Waals surface area contributed by atoms with Crippen molar-refractivity contribution in [2.75, 3.05) is 0 Å². The average Bonchev–Trinajstić information content (AvgIpc) is 3.66. The highest BCUT2D eigenvalue weighted by atomic mass is 16.6. The lowest BCUT2D eigenvalue weighted by Gasteiger charge is -2.23. The molecule has 1 fully saturated rings. The minimum atomic E-state index is -1.61. The number of Topliss-reactive ketones (excluding diaryl/α,β-unsaturated/α-hetero) is 2. The van der Waals surface area contributed by atoms with E-state index in [1.165, 1.54) is 36.5 Å². The van der Waals surface area contributed by atoms with Crippen LogP contribution >= 0.6 is 0 Å². The second-order valence-electron chi connectivity index (χ2n) is 10.4. The van der Waals surface area contributed by atoms with Gasteiger partial charge in [-0.15, -0.1) is 0 Å². The van der Waals surface area contributed by atoms with Crippen molar-refractivity contribution in [1.82, 2.24) is 10.6 Å². The molecule has 9 heteroatoms. The van der Waals surface area contributed by atoms with E-state index in [0.717, 1.165) is 24.8 Å². The highest BCUT2D eigenvalue weighted by Gasteiger charge is 2.59. The lowest BCUT2D eigenvalue weighted by Crippen LogP contribution is -2.42. The molecule has 0 aromatic carbocycles. The van der Waals surface area contributed by atoms with Crippen molar-refractivity contribution in [3.63, 3.8) is 0 Å². The molecule has 0 radical (unpaired) electrons. The Morgan fingerprint density at radius 2 is 1.88 bits per heavy atom. The number of hydrogen-bond acceptors (Lipinski definition) is 7. The predicted molar refractivity (Wildman–Crippen MR) is 151 cm³/mol. The average molecular weight is 551 g/mol. The summed E-state index contributed by atoms with van der Waals surface area (Å²) in [5.74, 6) is -1.43. The first-order valence-corrected chi connectivity index (χ1v) is 13.6. The summed E-state index contributed by atoms with van der Waals surface area (Å²) >= 11 is 0. The summed E-state index contributed by atoms with van der Waals surface area (Å²) in [4.78, 5) is 49.0. The molecule has 1 saturated heterocycles. The Bertz CT molecular complexity index is 1260. The van der Waals surface area contributed by atoms with E-state index in [-0.39, 0.29) is 35.8 Å². The summed E-state index contributed by atoms with van der Waals surface area (Å²) in [7, 11) is 0. The number of ether oxygens (including phenoxy) is 1. The molecule has 0 unspecified atom stereocenters. The molecule has 4 N–H and O–H groups in total. The van der Waals surface area contributed by atoms with Gasteiger partial charge in [0.15, 0.2) is 11.9 Å². The van der Waals surface area contributed by atoms with E-state index in [1.807, 2.05) is 6.92 Å². The van der Waals surface area contributed by atoms with Crippen LogP contribution in [0.4, 0.5) is 0 Å². The Morgan fingerprint density at radius 1 is 1.15 bits per heavy atom. The molecular formula is C31H38N2O7. The lowest BCUT2D eigenvalue weighted by molar-refractivity contribution is -0.121. The van der Waals surface area contributed by atoms with E-state index < -0.39 is 35.4 Å². The van der Waals surface area contributed by atoms with Crippen LogP contribution in [-0.4, -0.2) is 51.4 Å². The molecule has 0 saturated carbocycles. The third-order valence-electron chi connectivity index (χ3n) is 6.81. The maximum atomic E-state index is 12.8. The number of aliphatic hydroxyl groups excluding tert-OH is 1. The molecule has 2 amide bonds. The number of ketones is 2. The molecule has 0 aromatic heterocycles. The summed E-state index contributed by atoms with van der Waals surface area (Å²) in [5, 5.41) is 25.7. The SMILES string of the molecule is CCCC[C@@H](C)/C=C(C)/C=C(\C)C(=O)NC1=C[C@@](O)(/C=C/C=C/C=C/C(=O)NC2=C(O)CCC2=O)[C@@H]2O[C@H]2C1=O. The second kappa shape index (κ2) is 13.5. The minimum Gasteiger partial charge on any atom is -0.510 e. The molecule has 4 atom stereocenters. The second-order valence-corrected chi connectivity index (χ2v) is 10.4. The van der Waals surface area contributed by atoms with Crippen LogP contribution in [0.15, 0.2) is 83.0 Å². The molecular weight excluding hydrogens is 512 g/mol. The van der Waals surface area contributed by atoms with Crippen LogP contribution < -0.4 is 10.6 Å². The number of carbonyl (C=O) groups excluding carboxylic acids is 4. The van der Waals surface area contributed by atoms with Crippen LogP contribution in [0.5, 0.6) is 0 Å². The van der Waals surface area contributed by atoms with Crippen molar-refractivity contribution in [1.29, 1.82) is 0 Å². The van der Waals surface area contributed by atoms with E-state index >= 15 is 0 Å². The minimum absolute atomic E-state index is 0.0267. The number of nitrogens with one attached hydrogen (secondary N) is 2. The Morgan fingerprint density at radius 3 is 2.55 bits per heavy atom. The van der Waals surface area contributed by atoms with E-state index in [0.29, 0.717) is 11.5 Å². The number of fused-ring (bicyclic) bond motifs is 1. The van der Waals surface area contributed by atoms with E-state index in [2.05, 4.69) is 30.6 Å². The predicted octanol–water partition coefficient (Wildman–Crippen LogP) is 3.70. The molecule has 3 aliphatic rings. The standard InChI is InChI=1S/C31H38N2O7/c1-5-6-11-19(2)16-20(3)17-21(4)30(38)32-22-18-31(39,29-28(40-29)27(22)37)15-10-8-7-9-12-25(36)33-26-23(34)13-14-24(26)35/h7-10,12,15-19,28-29,34,39H,5-6,11,13-14H2,1-4H3,(H,32,38)(H,33,36)/b8-7+,12-9+,15-10+,20-16+,21-17+/t19-,28+,29-,31+/m1/s1. The summed E-state index contributed by atoms with van der Waals surface area (Å²) in [6, 6.07) is 0. The molecule has 1 aliphatic heterocycles. The Kier molecular flexibility index (Phi) is 10.4. The van der Waals surface area contributed by atoms with Crippen LogP contribution in [-0.2, 0) is 23.9 Å². The van der Waals surface area contributed by atoms with Gasteiger partial charge in [0.05, 0.1) is 5.70 Å². The summed E-state index contributed by atoms with van der Waals surface area (Å²) in [6.45, 7) is 7.90. The van der Waals surface area contributed by atoms with Gasteiger partial charge in [0.2, 0.25) is 11.7 Å². The van der Waals surface area contributed by atoms with E-state index in [4.69, 9.17) is 4.74 Å². The van der Waals surface area contributed by atoms with Crippen molar-refractivity contribution in [3.05, 3.63) is 83.0 Å². The van der Waals surface area contributed by atoms with Gasteiger partial charge in [0, 0.05) is 24.5 Å². The van der Waals surface area contributed by atoms with Crippen LogP contribution in [0.3, 0.4) is 0 Å². The molecule has 40 heavy (non-hydrogen) atoms. The van der Waals surface area contributed by atoms with Crippen molar-refractivity contribution < 1.29 is 34.1 Å². The number of unbranched alkanes of at least 4 members (excludes halogenated alkanes) is 1. The van der Waals surface area contributed by atoms with E-state index in [9.17, 15) is 29.4 Å². The number of rotatable bonds is 12. The smallest absolute Gasteiger partial charge is 0.251 e. The Hall–Kier alpha value is -3.82. The van der Waals surface area contributed by atoms with Gasteiger partial charge < -0.3 is 25.6 Å². The maximum absolute atomic E-state index is 12.8. The van der Waals surface area contributed by atoms with Gasteiger partial charge in [0.25, 0.3) is 5.91 Å². The van der Waals surface area contributed by atoms with Gasteiger partial charge in [-0.05, 0) is 38.3 Å². The fraction of sp³-hybridized carbons (Fsp3) is 0.419. The zero-order chi connectivity index (χ0) is 29.4. The van der Waals surface area contributed by atoms with Gasteiger partial charge in [0.1, 0.15) is 23.2 Å². The first kappa shape index (κ1) is 30.7. The quantitative estimate of drug-likeness (QED) is 0.165. The number of hydrogen-bond donors (Lipinski definition) is 4. The van der Waals surface area contributed by atoms with Gasteiger partial charge in [-0.3, -0.25) is 19.2 Å². The molecule has 0 spiro atoms. The molecule has 3 rings (SSSR count). The number of carbonyl (C=O) groups is 4. The molecule has 2 aliphatic carbocycles. The maximum Gasteiger partial charge on any atom is 0.251 e. The topological polar surface area (TPSA) is 145 Å². The number of amides is 2. The molecule has 214 valence electrons. The Labute approximate surface area is 234 Å². The normalized spacial score (nSPS) is 26.1. The monoisotopic (exact) mass is 550 g/mol. The van der Waals surface area contributed by atoms with Gasteiger partial charge in [-0.2, -0.15) is 0 Å². The molecule has 0 aromatic rings. The van der Waals surface area contributed by atoms with E-state index in [1.54, 1.807) is 19.1 Å². The fourth-order valence-corrected chi connectivity index (χ4v) is 4.61. The van der Waals surface area contributed by atoms with Crippen molar-refractivity contribution in [2.24, 2.45) is 5.92 Å². The number of allylic oxidation sites excluding steroid dienone is 9. The summed E-state index contributed by atoms with van der Waals surface area (Å²) in [5.41, 5.74) is -0.310. The van der Waals surface area contributed by atoms with Crippen LogP contribution in [0.2, 0.25) is 0 Å². The third-order valence-corrected chi connectivity index (χ3v) is 6.81. The number of epoxide rings is 1. The first-order valence-electron chi connectivity index (χ1n) is 13.6.